The Bertz CT molecular complexity index is 446. The smallest absolute Gasteiger partial charge is 0.159 e. The summed E-state index contributed by atoms with van der Waals surface area (Å²) in [7, 11) is 0. The van der Waals surface area contributed by atoms with Crippen molar-refractivity contribution in [3.8, 4) is 6.07 Å². The zero-order chi connectivity index (χ0) is 13.0. The second kappa shape index (κ2) is 5.92. The first-order valence-electron chi connectivity index (χ1n) is 6.31. The standard InChI is InChI=1S/C14H16F2N2/c15-12-6-5-11(9-13(12)16)14(10-17)18-7-3-1-2-4-8-18/h5-6,9,14H,1-4,7-8H2. The van der Waals surface area contributed by atoms with Crippen molar-refractivity contribution in [2.75, 3.05) is 13.1 Å². The largest absolute Gasteiger partial charge is 0.284 e. The van der Waals surface area contributed by atoms with Gasteiger partial charge in [0.25, 0.3) is 0 Å². The molecule has 2 rings (SSSR count). The molecule has 0 aromatic heterocycles. The summed E-state index contributed by atoms with van der Waals surface area (Å²) < 4.78 is 26.1. The van der Waals surface area contributed by atoms with Crippen molar-refractivity contribution >= 4 is 0 Å². The Kier molecular flexibility index (Phi) is 4.27. The van der Waals surface area contributed by atoms with Crippen LogP contribution in [0, 0.1) is 23.0 Å². The Hall–Kier alpha value is -1.47. The van der Waals surface area contributed by atoms with Crippen LogP contribution in [0.25, 0.3) is 0 Å². The van der Waals surface area contributed by atoms with Gasteiger partial charge < -0.3 is 0 Å². The number of nitrogens with zero attached hydrogens (tertiary/aromatic N) is 2. The molecule has 1 aromatic rings. The minimum absolute atomic E-state index is 0.474. The molecule has 0 bridgehead atoms. The van der Waals surface area contributed by atoms with Gasteiger partial charge in [-0.2, -0.15) is 5.26 Å². The van der Waals surface area contributed by atoms with Gasteiger partial charge in [0.2, 0.25) is 0 Å². The summed E-state index contributed by atoms with van der Waals surface area (Å²) in [4.78, 5) is 2.06. The van der Waals surface area contributed by atoms with Gasteiger partial charge in [0.05, 0.1) is 6.07 Å². The van der Waals surface area contributed by atoms with Crippen molar-refractivity contribution in [2.45, 2.75) is 31.7 Å². The average Bonchev–Trinajstić information content (AvgIpc) is 2.64. The number of benzene rings is 1. The highest BCUT2D eigenvalue weighted by Crippen LogP contribution is 2.24. The predicted molar refractivity (Wildman–Crippen MR) is 64.8 cm³/mol. The zero-order valence-corrected chi connectivity index (χ0v) is 10.2. The molecule has 1 fully saturated rings. The molecule has 2 nitrogen and oxygen atoms in total. The molecule has 1 aromatic carbocycles. The number of nitriles is 1. The second-order valence-electron chi connectivity index (χ2n) is 4.66. The van der Waals surface area contributed by atoms with Crippen molar-refractivity contribution in [3.05, 3.63) is 35.4 Å². The Morgan fingerprint density at radius 3 is 2.28 bits per heavy atom. The Morgan fingerprint density at radius 1 is 1.06 bits per heavy atom. The van der Waals surface area contributed by atoms with Gasteiger partial charge in [-0.05, 0) is 43.6 Å². The van der Waals surface area contributed by atoms with Crippen LogP contribution in [0.5, 0.6) is 0 Å². The fraction of sp³-hybridized carbons (Fsp3) is 0.500. The van der Waals surface area contributed by atoms with Crippen LogP contribution < -0.4 is 0 Å². The van der Waals surface area contributed by atoms with Gasteiger partial charge in [-0.15, -0.1) is 0 Å². The van der Waals surface area contributed by atoms with Gasteiger partial charge in [0, 0.05) is 0 Å². The van der Waals surface area contributed by atoms with Crippen LogP contribution in [0.4, 0.5) is 8.78 Å². The van der Waals surface area contributed by atoms with E-state index >= 15 is 0 Å². The van der Waals surface area contributed by atoms with Crippen LogP contribution in [0.3, 0.4) is 0 Å². The van der Waals surface area contributed by atoms with Gasteiger partial charge >= 0.3 is 0 Å². The zero-order valence-electron chi connectivity index (χ0n) is 10.2. The first-order valence-corrected chi connectivity index (χ1v) is 6.31. The summed E-state index contributed by atoms with van der Waals surface area (Å²) in [5.74, 6) is -1.76. The molecule has 0 saturated carbocycles. The molecule has 0 N–H and O–H groups in total. The molecule has 1 aliphatic rings. The van der Waals surface area contributed by atoms with Gasteiger partial charge in [0.1, 0.15) is 6.04 Å². The van der Waals surface area contributed by atoms with Crippen molar-refractivity contribution in [1.82, 2.24) is 4.90 Å². The summed E-state index contributed by atoms with van der Waals surface area (Å²) in [6, 6.07) is 5.45. The van der Waals surface area contributed by atoms with Crippen molar-refractivity contribution in [3.63, 3.8) is 0 Å². The maximum atomic E-state index is 13.2. The van der Waals surface area contributed by atoms with Crippen molar-refractivity contribution in [2.24, 2.45) is 0 Å². The topological polar surface area (TPSA) is 27.0 Å². The molecule has 0 radical (unpaired) electrons. The lowest BCUT2D eigenvalue weighted by Gasteiger charge is -2.25. The van der Waals surface area contributed by atoms with Gasteiger partial charge in [-0.1, -0.05) is 18.9 Å². The van der Waals surface area contributed by atoms with Crippen LogP contribution in [-0.4, -0.2) is 18.0 Å². The molecule has 1 saturated heterocycles. The van der Waals surface area contributed by atoms with E-state index in [4.69, 9.17) is 0 Å². The van der Waals surface area contributed by atoms with E-state index in [2.05, 4.69) is 11.0 Å². The lowest BCUT2D eigenvalue weighted by Crippen LogP contribution is -2.29. The number of halogens is 2. The van der Waals surface area contributed by atoms with Crippen LogP contribution in [0.1, 0.15) is 37.3 Å². The van der Waals surface area contributed by atoms with E-state index in [1.54, 1.807) is 0 Å². The monoisotopic (exact) mass is 250 g/mol. The molecule has 1 aliphatic heterocycles. The Labute approximate surface area is 106 Å². The van der Waals surface area contributed by atoms with Crippen LogP contribution in [-0.2, 0) is 0 Å². The van der Waals surface area contributed by atoms with Crippen LogP contribution in [0.2, 0.25) is 0 Å². The highest BCUT2D eigenvalue weighted by atomic mass is 19.2. The quantitative estimate of drug-likeness (QED) is 0.804. The van der Waals surface area contributed by atoms with Crippen LogP contribution in [0.15, 0.2) is 18.2 Å². The minimum atomic E-state index is -0.887. The highest BCUT2D eigenvalue weighted by molar-refractivity contribution is 5.25. The molecule has 1 heterocycles. The molecule has 96 valence electrons. The summed E-state index contributed by atoms with van der Waals surface area (Å²) in [5.41, 5.74) is 0.540. The third kappa shape index (κ3) is 2.85. The average molecular weight is 250 g/mol. The van der Waals surface area contributed by atoms with E-state index in [-0.39, 0.29) is 0 Å². The van der Waals surface area contributed by atoms with E-state index in [1.807, 2.05) is 0 Å². The molecule has 0 aliphatic carbocycles. The first kappa shape index (κ1) is 13.0. The van der Waals surface area contributed by atoms with Crippen molar-refractivity contribution < 1.29 is 8.78 Å². The molecule has 1 atom stereocenters. The lowest BCUT2D eigenvalue weighted by molar-refractivity contribution is 0.245. The summed E-state index contributed by atoms with van der Waals surface area (Å²) in [6.45, 7) is 1.69. The normalized spacial score (nSPS) is 18.9. The van der Waals surface area contributed by atoms with E-state index in [1.165, 1.54) is 18.9 Å². The van der Waals surface area contributed by atoms with Crippen molar-refractivity contribution in [1.29, 1.82) is 5.26 Å². The molecule has 1 unspecified atom stereocenters. The molecular weight excluding hydrogens is 234 g/mol. The second-order valence-corrected chi connectivity index (χ2v) is 4.66. The maximum Gasteiger partial charge on any atom is 0.159 e. The Morgan fingerprint density at radius 2 is 1.72 bits per heavy atom. The van der Waals surface area contributed by atoms with E-state index in [0.29, 0.717) is 5.56 Å². The van der Waals surface area contributed by atoms with Gasteiger partial charge in [0.15, 0.2) is 11.6 Å². The van der Waals surface area contributed by atoms with Gasteiger partial charge in [-0.25, -0.2) is 8.78 Å². The third-order valence-electron chi connectivity index (χ3n) is 3.39. The number of hydrogen-bond acceptors (Lipinski definition) is 2. The fourth-order valence-electron chi connectivity index (χ4n) is 2.40. The molecule has 18 heavy (non-hydrogen) atoms. The summed E-state index contributed by atoms with van der Waals surface area (Å²) >= 11 is 0. The molecular formula is C14H16F2N2. The highest BCUT2D eigenvalue weighted by Gasteiger charge is 2.21. The Balaban J connectivity index is 2.21. The maximum absolute atomic E-state index is 13.2. The van der Waals surface area contributed by atoms with Gasteiger partial charge in [-0.3, -0.25) is 4.90 Å². The fourth-order valence-corrected chi connectivity index (χ4v) is 2.40. The number of rotatable bonds is 2. The SMILES string of the molecule is N#CC(c1ccc(F)c(F)c1)N1CCCCCC1. The number of likely N-dealkylation sites (tertiary alicyclic amines) is 1. The third-order valence-corrected chi connectivity index (χ3v) is 3.39. The van der Waals surface area contributed by atoms with E-state index in [9.17, 15) is 14.0 Å². The van der Waals surface area contributed by atoms with Crippen LogP contribution >= 0.6 is 0 Å². The molecule has 0 amide bonds. The van der Waals surface area contributed by atoms with E-state index < -0.39 is 17.7 Å². The number of hydrogen-bond donors (Lipinski definition) is 0. The molecule has 4 heteroatoms. The summed E-state index contributed by atoms with van der Waals surface area (Å²) in [5, 5.41) is 9.28. The predicted octanol–water partition coefficient (Wildman–Crippen LogP) is 3.41. The molecule has 0 spiro atoms. The van der Waals surface area contributed by atoms with E-state index in [0.717, 1.165) is 38.1 Å². The minimum Gasteiger partial charge on any atom is -0.284 e. The lowest BCUT2D eigenvalue weighted by atomic mass is 10.1. The first-order chi connectivity index (χ1) is 8.72. The summed E-state index contributed by atoms with van der Waals surface area (Å²) in [6.07, 6.45) is 4.46.